The second-order valence-electron chi connectivity index (χ2n) is 6.76. The van der Waals surface area contributed by atoms with E-state index in [0.29, 0.717) is 22.7 Å². The number of aryl methyl sites for hydroxylation is 2. The van der Waals surface area contributed by atoms with Crippen molar-refractivity contribution < 1.29 is 15.1 Å². The quantitative estimate of drug-likeness (QED) is 0.324. The van der Waals surface area contributed by atoms with Crippen molar-refractivity contribution in [2.45, 2.75) is 20.3 Å². The first-order chi connectivity index (χ1) is 13.8. The predicted octanol–water partition coefficient (Wildman–Crippen LogP) is 5.62. The van der Waals surface area contributed by atoms with Crippen molar-refractivity contribution in [3.05, 3.63) is 91.5 Å². The average molecular weight is 411 g/mol. The predicted molar refractivity (Wildman–Crippen MR) is 114 cm³/mol. The van der Waals surface area contributed by atoms with Crippen LogP contribution in [0.4, 0.5) is 11.4 Å². The third-order valence-corrected chi connectivity index (χ3v) is 5.03. The van der Waals surface area contributed by atoms with Crippen LogP contribution in [0, 0.1) is 24.0 Å². The standard InChI is InChI=1S/C22H19ClN2O4/c1-13-7-19(21(26)8-14(13)2)24-12-17-10-15(11-20(22(17)27)25(28)29)9-16-5-3-4-6-18(16)23/h3-8,10-12,26-27H,9H2,1-2H3. The topological polar surface area (TPSA) is 96.0 Å². The highest BCUT2D eigenvalue weighted by molar-refractivity contribution is 6.31. The maximum atomic E-state index is 11.4. The van der Waals surface area contributed by atoms with Crippen LogP contribution in [-0.2, 0) is 6.42 Å². The van der Waals surface area contributed by atoms with Crippen LogP contribution in [0.1, 0.15) is 27.8 Å². The Hall–Kier alpha value is -3.38. The van der Waals surface area contributed by atoms with Gasteiger partial charge >= 0.3 is 5.69 Å². The molecule has 0 bridgehead atoms. The minimum atomic E-state index is -0.643. The average Bonchev–Trinajstić information content (AvgIpc) is 2.67. The van der Waals surface area contributed by atoms with Crippen LogP contribution in [0.2, 0.25) is 5.02 Å². The van der Waals surface area contributed by atoms with E-state index in [4.69, 9.17) is 11.6 Å². The zero-order valence-electron chi connectivity index (χ0n) is 15.9. The second-order valence-corrected chi connectivity index (χ2v) is 7.17. The fourth-order valence-electron chi connectivity index (χ4n) is 2.93. The molecule has 0 radical (unpaired) electrons. The highest BCUT2D eigenvalue weighted by Gasteiger charge is 2.19. The Morgan fingerprint density at radius 2 is 1.79 bits per heavy atom. The SMILES string of the molecule is Cc1cc(O)c(N=Cc2cc(Cc3ccccc3Cl)cc([N+](=O)[O-])c2O)cc1C. The second kappa shape index (κ2) is 8.32. The molecule has 6 nitrogen and oxygen atoms in total. The lowest BCUT2D eigenvalue weighted by Gasteiger charge is -2.08. The molecule has 3 rings (SSSR count). The fourth-order valence-corrected chi connectivity index (χ4v) is 3.13. The summed E-state index contributed by atoms with van der Waals surface area (Å²) in [6.45, 7) is 3.76. The molecule has 0 saturated carbocycles. The number of nitrogens with zero attached hydrogens (tertiary/aromatic N) is 2. The summed E-state index contributed by atoms with van der Waals surface area (Å²) < 4.78 is 0. The van der Waals surface area contributed by atoms with Gasteiger partial charge < -0.3 is 10.2 Å². The lowest BCUT2D eigenvalue weighted by atomic mass is 10.0. The molecule has 0 spiro atoms. The van der Waals surface area contributed by atoms with Gasteiger partial charge in [-0.05, 0) is 66.8 Å². The molecule has 29 heavy (non-hydrogen) atoms. The zero-order chi connectivity index (χ0) is 21.1. The molecule has 0 aliphatic heterocycles. The number of nitro groups is 1. The fraction of sp³-hybridized carbons (Fsp3) is 0.136. The molecule has 3 aromatic rings. The van der Waals surface area contributed by atoms with Gasteiger partial charge in [-0.3, -0.25) is 15.1 Å². The summed E-state index contributed by atoms with van der Waals surface area (Å²) in [6.07, 6.45) is 1.67. The summed E-state index contributed by atoms with van der Waals surface area (Å²) in [4.78, 5) is 15.0. The number of phenolic OH excluding ortho intramolecular Hbond substituents is 2. The maximum absolute atomic E-state index is 11.4. The molecule has 2 N–H and O–H groups in total. The zero-order valence-corrected chi connectivity index (χ0v) is 16.6. The van der Waals surface area contributed by atoms with E-state index in [0.717, 1.165) is 16.7 Å². The number of hydrogen-bond donors (Lipinski definition) is 2. The van der Waals surface area contributed by atoms with Crippen molar-refractivity contribution in [2.24, 2.45) is 4.99 Å². The summed E-state index contributed by atoms with van der Waals surface area (Å²) >= 11 is 6.20. The third-order valence-electron chi connectivity index (χ3n) is 4.66. The first-order valence-electron chi connectivity index (χ1n) is 8.84. The number of hydrogen-bond acceptors (Lipinski definition) is 5. The molecular formula is C22H19ClN2O4. The molecule has 0 amide bonds. The van der Waals surface area contributed by atoms with Crippen LogP contribution >= 0.6 is 11.6 Å². The van der Waals surface area contributed by atoms with Crippen molar-refractivity contribution in [2.75, 3.05) is 0 Å². The van der Waals surface area contributed by atoms with E-state index in [1.807, 2.05) is 26.0 Å². The van der Waals surface area contributed by atoms with E-state index >= 15 is 0 Å². The van der Waals surface area contributed by atoms with Crippen molar-refractivity contribution in [1.29, 1.82) is 0 Å². The Labute approximate surface area is 172 Å². The summed E-state index contributed by atoms with van der Waals surface area (Å²) in [5.74, 6) is -0.490. The van der Waals surface area contributed by atoms with Gasteiger partial charge in [0.1, 0.15) is 11.4 Å². The molecule has 0 atom stereocenters. The highest BCUT2D eigenvalue weighted by atomic mass is 35.5. The van der Waals surface area contributed by atoms with Crippen LogP contribution in [0.25, 0.3) is 0 Å². The normalized spacial score (nSPS) is 11.1. The van der Waals surface area contributed by atoms with Gasteiger partial charge in [0, 0.05) is 22.9 Å². The van der Waals surface area contributed by atoms with Gasteiger partial charge in [-0.15, -0.1) is 0 Å². The number of aromatic hydroxyl groups is 2. The van der Waals surface area contributed by atoms with Crippen molar-refractivity contribution >= 4 is 29.2 Å². The summed E-state index contributed by atoms with van der Waals surface area (Å²) in [5, 5.41) is 32.4. The minimum Gasteiger partial charge on any atom is -0.506 e. The molecule has 148 valence electrons. The Morgan fingerprint density at radius 3 is 2.48 bits per heavy atom. The van der Waals surface area contributed by atoms with E-state index < -0.39 is 16.4 Å². The Kier molecular flexibility index (Phi) is 5.84. The van der Waals surface area contributed by atoms with Crippen LogP contribution in [0.3, 0.4) is 0 Å². The lowest BCUT2D eigenvalue weighted by Crippen LogP contribution is -1.97. The first kappa shape index (κ1) is 20.4. The monoisotopic (exact) mass is 410 g/mol. The molecule has 0 unspecified atom stereocenters. The van der Waals surface area contributed by atoms with Crippen molar-refractivity contribution in [3.8, 4) is 11.5 Å². The van der Waals surface area contributed by atoms with E-state index in [-0.39, 0.29) is 11.3 Å². The van der Waals surface area contributed by atoms with Crippen LogP contribution in [-0.4, -0.2) is 21.4 Å². The first-order valence-corrected chi connectivity index (χ1v) is 9.22. The number of halogens is 1. The Balaban J connectivity index is 2.04. The van der Waals surface area contributed by atoms with E-state index in [1.54, 1.807) is 30.3 Å². The van der Waals surface area contributed by atoms with Gasteiger partial charge in [-0.2, -0.15) is 0 Å². The Morgan fingerprint density at radius 1 is 1.10 bits per heavy atom. The van der Waals surface area contributed by atoms with Crippen LogP contribution < -0.4 is 0 Å². The summed E-state index contributed by atoms with van der Waals surface area (Å²) in [7, 11) is 0. The van der Waals surface area contributed by atoms with Gasteiger partial charge in [0.05, 0.1) is 4.92 Å². The van der Waals surface area contributed by atoms with E-state index in [2.05, 4.69) is 4.99 Å². The molecule has 0 heterocycles. The number of rotatable bonds is 5. The van der Waals surface area contributed by atoms with Gasteiger partial charge in [-0.25, -0.2) is 0 Å². The van der Waals surface area contributed by atoms with E-state index in [9.17, 15) is 20.3 Å². The van der Waals surface area contributed by atoms with E-state index in [1.165, 1.54) is 12.3 Å². The third kappa shape index (κ3) is 4.55. The number of benzene rings is 3. The molecule has 3 aromatic carbocycles. The Bertz CT molecular complexity index is 1130. The smallest absolute Gasteiger partial charge is 0.311 e. The largest absolute Gasteiger partial charge is 0.506 e. The molecule has 0 saturated heterocycles. The van der Waals surface area contributed by atoms with Gasteiger partial charge in [0.2, 0.25) is 5.75 Å². The van der Waals surface area contributed by atoms with Crippen LogP contribution in [0.5, 0.6) is 11.5 Å². The number of phenols is 2. The van der Waals surface area contributed by atoms with Gasteiger partial charge in [-0.1, -0.05) is 29.8 Å². The van der Waals surface area contributed by atoms with Crippen molar-refractivity contribution in [3.63, 3.8) is 0 Å². The maximum Gasteiger partial charge on any atom is 0.311 e. The number of aliphatic imine (C=N–C) groups is 1. The summed E-state index contributed by atoms with van der Waals surface area (Å²) in [6, 6.07) is 13.5. The molecule has 7 heteroatoms. The van der Waals surface area contributed by atoms with Gasteiger partial charge in [0.15, 0.2) is 0 Å². The minimum absolute atomic E-state index is 0.00874. The van der Waals surface area contributed by atoms with Crippen molar-refractivity contribution in [1.82, 2.24) is 0 Å². The molecule has 0 aliphatic carbocycles. The lowest BCUT2D eigenvalue weighted by molar-refractivity contribution is -0.385. The highest BCUT2D eigenvalue weighted by Crippen LogP contribution is 2.34. The molecule has 0 aromatic heterocycles. The van der Waals surface area contributed by atoms with Gasteiger partial charge in [0.25, 0.3) is 0 Å². The van der Waals surface area contributed by atoms with Crippen LogP contribution in [0.15, 0.2) is 53.5 Å². The summed E-state index contributed by atoms with van der Waals surface area (Å²) in [5.41, 5.74) is 3.35. The molecular weight excluding hydrogens is 392 g/mol. The number of nitro benzene ring substituents is 1. The molecule has 0 fully saturated rings. The molecule has 0 aliphatic rings.